The molecule has 1 amide bonds. The molecular formula is C31H35Cl2N3O. The second-order valence-electron chi connectivity index (χ2n) is 11.2. The number of hydrogen-bond donors (Lipinski definition) is 2. The van der Waals surface area contributed by atoms with Gasteiger partial charge in [0.25, 0.3) is 0 Å². The van der Waals surface area contributed by atoms with E-state index in [-0.39, 0.29) is 11.9 Å². The van der Waals surface area contributed by atoms with E-state index in [9.17, 15) is 4.79 Å². The minimum absolute atomic E-state index is 0.0724. The Morgan fingerprint density at radius 3 is 2.38 bits per heavy atom. The van der Waals surface area contributed by atoms with Crippen LogP contribution in [0.1, 0.15) is 68.4 Å². The summed E-state index contributed by atoms with van der Waals surface area (Å²) in [5.74, 6) is 1.33. The Labute approximate surface area is 229 Å². The maximum Gasteiger partial charge on any atom is 0.244 e. The van der Waals surface area contributed by atoms with Crippen molar-refractivity contribution < 1.29 is 4.79 Å². The fourth-order valence-corrected chi connectivity index (χ4v) is 7.65. The van der Waals surface area contributed by atoms with E-state index in [4.69, 9.17) is 23.2 Å². The zero-order valence-corrected chi connectivity index (χ0v) is 22.6. The van der Waals surface area contributed by atoms with Crippen molar-refractivity contribution in [3.05, 3.63) is 75.9 Å². The van der Waals surface area contributed by atoms with E-state index >= 15 is 0 Å². The monoisotopic (exact) mass is 535 g/mol. The molecular weight excluding hydrogens is 501 g/mol. The third-order valence-corrected chi connectivity index (χ3v) is 9.67. The van der Waals surface area contributed by atoms with E-state index in [1.54, 1.807) is 30.4 Å². The Balaban J connectivity index is 0.995. The average molecular weight is 537 g/mol. The van der Waals surface area contributed by atoms with Gasteiger partial charge < -0.3 is 10.3 Å². The van der Waals surface area contributed by atoms with Crippen LogP contribution in [0.3, 0.4) is 0 Å². The number of piperidine rings is 1. The zero-order valence-electron chi connectivity index (χ0n) is 21.1. The lowest BCUT2D eigenvalue weighted by atomic mass is 9.82. The van der Waals surface area contributed by atoms with Crippen molar-refractivity contribution in [2.75, 3.05) is 6.54 Å². The van der Waals surface area contributed by atoms with Crippen molar-refractivity contribution in [1.82, 2.24) is 15.2 Å². The zero-order chi connectivity index (χ0) is 25.4. The first-order valence-corrected chi connectivity index (χ1v) is 14.5. The predicted octanol–water partition coefficient (Wildman–Crippen LogP) is 7.57. The highest BCUT2D eigenvalue weighted by Gasteiger charge is 2.42. The minimum Gasteiger partial charge on any atom is -0.361 e. The number of nitrogens with one attached hydrogen (secondary N) is 2. The number of aromatic amines is 1. The highest BCUT2D eigenvalue weighted by Crippen LogP contribution is 2.45. The Morgan fingerprint density at radius 1 is 0.946 bits per heavy atom. The van der Waals surface area contributed by atoms with Crippen LogP contribution in [-0.4, -0.2) is 40.5 Å². The fraction of sp³-hybridized carbons (Fsp3) is 0.452. The number of carbonyl (C=O) groups is 1. The number of hydrogen-bond acceptors (Lipinski definition) is 2. The third kappa shape index (κ3) is 5.34. The predicted molar refractivity (Wildman–Crippen MR) is 153 cm³/mol. The van der Waals surface area contributed by atoms with Crippen LogP contribution in [0.5, 0.6) is 0 Å². The fourth-order valence-electron chi connectivity index (χ4n) is 7.12. The molecule has 1 saturated carbocycles. The number of benzene rings is 2. The molecule has 6 heteroatoms. The Hall–Kier alpha value is -2.27. The summed E-state index contributed by atoms with van der Waals surface area (Å²) < 4.78 is 0. The standard InChI is InChI=1S/C31H35Cl2N3O/c32-28-5-3-6-29(33)26(28)14-15-31(37)35-22-10-8-20(9-11-22)19-36-23-12-13-24(36)17-21(16-23)27-18-34-30-7-2-1-4-25(27)30/h1-7,14-15,18,20-24,34H,8-13,16-17,19H2,(H,35,37)/b15-14+/t20?,21?,22?,23-,24+. The quantitative estimate of drug-likeness (QED) is 0.319. The van der Waals surface area contributed by atoms with Gasteiger partial charge in [0.05, 0.1) is 0 Å². The van der Waals surface area contributed by atoms with E-state index in [2.05, 4.69) is 45.7 Å². The van der Waals surface area contributed by atoms with Gasteiger partial charge in [-0.15, -0.1) is 0 Å². The van der Waals surface area contributed by atoms with E-state index in [1.165, 1.54) is 61.5 Å². The molecule has 3 aliphatic rings. The van der Waals surface area contributed by atoms with Crippen molar-refractivity contribution >= 4 is 46.1 Å². The van der Waals surface area contributed by atoms with Crippen LogP contribution in [0.4, 0.5) is 0 Å². The first kappa shape index (κ1) is 25.0. The number of para-hydroxylation sites is 1. The van der Waals surface area contributed by atoms with Gasteiger partial charge in [-0.2, -0.15) is 0 Å². The molecule has 3 heterocycles. The summed E-state index contributed by atoms with van der Waals surface area (Å²) >= 11 is 12.4. The average Bonchev–Trinajstić information content (AvgIpc) is 3.42. The van der Waals surface area contributed by atoms with Crippen molar-refractivity contribution in [3.63, 3.8) is 0 Å². The van der Waals surface area contributed by atoms with E-state index in [0.29, 0.717) is 21.5 Å². The summed E-state index contributed by atoms with van der Waals surface area (Å²) in [7, 11) is 0. The number of carbonyl (C=O) groups excluding carboxylic acids is 1. The molecule has 0 spiro atoms. The summed E-state index contributed by atoms with van der Waals surface area (Å²) in [6.45, 7) is 1.22. The number of rotatable bonds is 6. The van der Waals surface area contributed by atoms with Gasteiger partial charge in [0.2, 0.25) is 5.91 Å². The molecule has 2 saturated heterocycles. The SMILES string of the molecule is O=C(/C=C/c1c(Cl)cccc1Cl)NC1CCC(CN2[C@@H]3CC[C@H]2CC(c2c[nH]c4ccccc24)C3)CC1. The number of nitrogens with zero attached hydrogens (tertiary/aromatic N) is 1. The van der Waals surface area contributed by atoms with Gasteiger partial charge in [0.1, 0.15) is 0 Å². The van der Waals surface area contributed by atoms with E-state index in [0.717, 1.165) is 30.8 Å². The topological polar surface area (TPSA) is 48.1 Å². The first-order valence-electron chi connectivity index (χ1n) is 13.8. The molecule has 3 fully saturated rings. The molecule has 3 atom stereocenters. The van der Waals surface area contributed by atoms with Gasteiger partial charge >= 0.3 is 0 Å². The number of fused-ring (bicyclic) bond motifs is 3. The van der Waals surface area contributed by atoms with Gasteiger partial charge in [0, 0.05) is 63.5 Å². The molecule has 37 heavy (non-hydrogen) atoms. The second kappa shape index (κ2) is 10.8. The van der Waals surface area contributed by atoms with Gasteiger partial charge in [-0.1, -0.05) is 47.5 Å². The van der Waals surface area contributed by atoms with Crippen LogP contribution in [0.25, 0.3) is 17.0 Å². The molecule has 4 nitrogen and oxygen atoms in total. The number of H-pyrrole nitrogens is 1. The summed E-state index contributed by atoms with van der Waals surface area (Å²) in [5.41, 5.74) is 3.47. The van der Waals surface area contributed by atoms with Crippen molar-refractivity contribution in [1.29, 1.82) is 0 Å². The van der Waals surface area contributed by atoms with Crippen LogP contribution in [0.2, 0.25) is 10.0 Å². The number of aromatic nitrogens is 1. The molecule has 2 aromatic carbocycles. The lowest BCUT2D eigenvalue weighted by Crippen LogP contribution is -2.46. The molecule has 1 aromatic heterocycles. The summed E-state index contributed by atoms with van der Waals surface area (Å²) in [6, 6.07) is 15.8. The van der Waals surface area contributed by atoms with Crippen LogP contribution in [0, 0.1) is 5.92 Å². The molecule has 2 N–H and O–H groups in total. The minimum atomic E-state index is -0.0724. The highest BCUT2D eigenvalue weighted by molar-refractivity contribution is 6.37. The lowest BCUT2D eigenvalue weighted by Gasteiger charge is -2.42. The molecule has 2 bridgehead atoms. The second-order valence-corrected chi connectivity index (χ2v) is 12.0. The first-order chi connectivity index (χ1) is 18.0. The molecule has 0 radical (unpaired) electrons. The maximum absolute atomic E-state index is 12.5. The lowest BCUT2D eigenvalue weighted by molar-refractivity contribution is -0.117. The van der Waals surface area contributed by atoms with Gasteiger partial charge in [-0.3, -0.25) is 9.69 Å². The highest BCUT2D eigenvalue weighted by atomic mass is 35.5. The smallest absolute Gasteiger partial charge is 0.244 e. The number of amides is 1. The molecule has 6 rings (SSSR count). The molecule has 1 aliphatic carbocycles. The summed E-state index contributed by atoms with van der Waals surface area (Å²) in [4.78, 5) is 18.9. The van der Waals surface area contributed by atoms with Crippen molar-refractivity contribution in [2.45, 2.75) is 75.4 Å². The van der Waals surface area contributed by atoms with Crippen molar-refractivity contribution in [2.24, 2.45) is 5.92 Å². The molecule has 194 valence electrons. The molecule has 1 unspecified atom stereocenters. The third-order valence-electron chi connectivity index (χ3n) is 9.01. The molecule has 2 aliphatic heterocycles. The summed E-state index contributed by atoms with van der Waals surface area (Å²) in [6.07, 6.45) is 15.3. The van der Waals surface area contributed by atoms with Crippen LogP contribution in [0.15, 0.2) is 54.7 Å². The Kier molecular flexibility index (Phi) is 7.34. The van der Waals surface area contributed by atoms with Gasteiger partial charge in [-0.25, -0.2) is 0 Å². The van der Waals surface area contributed by atoms with Gasteiger partial charge in [0.15, 0.2) is 0 Å². The summed E-state index contributed by atoms with van der Waals surface area (Å²) in [5, 5.41) is 5.70. The Bertz CT molecular complexity index is 1260. The Morgan fingerprint density at radius 2 is 1.65 bits per heavy atom. The normalized spacial score (nSPS) is 28.2. The maximum atomic E-state index is 12.5. The van der Waals surface area contributed by atoms with E-state index in [1.807, 2.05) is 0 Å². The number of halogens is 2. The van der Waals surface area contributed by atoms with Crippen LogP contribution >= 0.6 is 23.2 Å². The largest absolute Gasteiger partial charge is 0.361 e. The van der Waals surface area contributed by atoms with Gasteiger partial charge in [-0.05, 0) is 93.0 Å². The van der Waals surface area contributed by atoms with Crippen LogP contribution < -0.4 is 5.32 Å². The van der Waals surface area contributed by atoms with Crippen molar-refractivity contribution in [3.8, 4) is 0 Å². The molecule has 3 aromatic rings. The van der Waals surface area contributed by atoms with Crippen LogP contribution in [-0.2, 0) is 4.79 Å². The van der Waals surface area contributed by atoms with E-state index < -0.39 is 0 Å².